The van der Waals surface area contributed by atoms with Crippen molar-refractivity contribution in [2.75, 3.05) is 0 Å². The van der Waals surface area contributed by atoms with Gasteiger partial charge in [-0.05, 0) is 12.5 Å². The average molecular weight is 208 g/mol. The second kappa shape index (κ2) is 3.81. The van der Waals surface area contributed by atoms with E-state index in [0.717, 1.165) is 11.1 Å². The van der Waals surface area contributed by atoms with Crippen molar-refractivity contribution in [2.45, 2.75) is 13.5 Å². The summed E-state index contributed by atoms with van der Waals surface area (Å²) in [4.78, 5) is 0. The number of benzene rings is 1. The van der Waals surface area contributed by atoms with Crippen LogP contribution in [0.15, 0.2) is 36.5 Å². The third-order valence-electron chi connectivity index (χ3n) is 2.20. The van der Waals surface area contributed by atoms with E-state index < -0.39 is 6.55 Å². The maximum absolute atomic E-state index is 12.4. The van der Waals surface area contributed by atoms with Crippen molar-refractivity contribution in [3.8, 4) is 11.1 Å². The zero-order valence-corrected chi connectivity index (χ0v) is 8.19. The molecular formula is C11H10F2N2. The number of aryl methyl sites for hydroxylation is 1. The van der Waals surface area contributed by atoms with E-state index in [-0.39, 0.29) is 0 Å². The number of hydrogen-bond donors (Lipinski definition) is 0. The lowest BCUT2D eigenvalue weighted by Gasteiger charge is -1.97. The van der Waals surface area contributed by atoms with Gasteiger partial charge >= 0.3 is 6.55 Å². The number of halogens is 2. The molecule has 0 saturated heterocycles. The van der Waals surface area contributed by atoms with Crippen LogP contribution in [-0.2, 0) is 0 Å². The van der Waals surface area contributed by atoms with Crippen LogP contribution in [0.3, 0.4) is 0 Å². The van der Waals surface area contributed by atoms with Crippen LogP contribution >= 0.6 is 0 Å². The summed E-state index contributed by atoms with van der Waals surface area (Å²) in [5.74, 6) is 0. The summed E-state index contributed by atoms with van der Waals surface area (Å²) in [7, 11) is 0. The van der Waals surface area contributed by atoms with Gasteiger partial charge in [-0.3, -0.25) is 0 Å². The maximum atomic E-state index is 12.4. The summed E-state index contributed by atoms with van der Waals surface area (Å²) in [6.45, 7) is -0.859. The molecule has 4 heteroatoms. The highest BCUT2D eigenvalue weighted by Gasteiger charge is 2.11. The first kappa shape index (κ1) is 9.83. The fourth-order valence-electron chi connectivity index (χ4n) is 1.48. The van der Waals surface area contributed by atoms with Crippen LogP contribution in [0.1, 0.15) is 12.2 Å². The third-order valence-corrected chi connectivity index (χ3v) is 2.20. The van der Waals surface area contributed by atoms with Gasteiger partial charge in [0.05, 0.1) is 5.69 Å². The summed E-state index contributed by atoms with van der Waals surface area (Å²) >= 11 is 0. The van der Waals surface area contributed by atoms with E-state index in [0.29, 0.717) is 10.4 Å². The van der Waals surface area contributed by atoms with E-state index in [1.54, 1.807) is 6.92 Å². The Kier molecular flexibility index (Phi) is 2.49. The smallest absolute Gasteiger partial charge is 0.211 e. The molecule has 0 aliphatic carbocycles. The Morgan fingerprint density at radius 3 is 2.40 bits per heavy atom. The zero-order chi connectivity index (χ0) is 10.8. The van der Waals surface area contributed by atoms with E-state index in [2.05, 4.69) is 5.10 Å². The molecular weight excluding hydrogens is 198 g/mol. The Balaban J connectivity index is 2.45. The number of nitrogens with zero attached hydrogens (tertiary/aromatic N) is 2. The van der Waals surface area contributed by atoms with E-state index in [4.69, 9.17) is 0 Å². The Bertz CT molecular complexity index is 449. The van der Waals surface area contributed by atoms with Gasteiger partial charge in [0.2, 0.25) is 0 Å². The van der Waals surface area contributed by atoms with Gasteiger partial charge < -0.3 is 0 Å². The van der Waals surface area contributed by atoms with Crippen LogP contribution in [0, 0.1) is 6.92 Å². The summed E-state index contributed by atoms with van der Waals surface area (Å²) in [5, 5.41) is 3.75. The highest BCUT2D eigenvalue weighted by molar-refractivity contribution is 5.64. The molecule has 0 radical (unpaired) electrons. The minimum Gasteiger partial charge on any atom is -0.211 e. The van der Waals surface area contributed by atoms with Crippen LogP contribution < -0.4 is 0 Å². The molecule has 0 aliphatic rings. The Morgan fingerprint density at radius 2 is 1.87 bits per heavy atom. The Hall–Kier alpha value is -1.71. The van der Waals surface area contributed by atoms with Gasteiger partial charge in [0.25, 0.3) is 0 Å². The lowest BCUT2D eigenvalue weighted by molar-refractivity contribution is 0.0563. The molecule has 0 saturated carbocycles. The SMILES string of the molecule is Cc1nn(C(F)F)cc1-c1ccccc1. The van der Waals surface area contributed by atoms with Crippen molar-refractivity contribution in [1.29, 1.82) is 0 Å². The largest absolute Gasteiger partial charge is 0.333 e. The van der Waals surface area contributed by atoms with Crippen molar-refractivity contribution in [3.63, 3.8) is 0 Å². The predicted octanol–water partition coefficient (Wildman–Crippen LogP) is 3.25. The molecule has 0 amide bonds. The number of rotatable bonds is 2. The number of alkyl halides is 2. The normalized spacial score (nSPS) is 10.9. The summed E-state index contributed by atoms with van der Waals surface area (Å²) in [5.41, 5.74) is 2.26. The van der Waals surface area contributed by atoms with E-state index in [1.807, 2.05) is 30.3 Å². The first-order valence-electron chi connectivity index (χ1n) is 4.58. The number of hydrogen-bond acceptors (Lipinski definition) is 1. The molecule has 0 spiro atoms. The van der Waals surface area contributed by atoms with Gasteiger partial charge in [-0.25, -0.2) is 4.68 Å². The van der Waals surface area contributed by atoms with E-state index in [9.17, 15) is 8.78 Å². The highest BCUT2D eigenvalue weighted by Crippen LogP contribution is 2.23. The molecule has 0 fully saturated rings. The lowest BCUT2D eigenvalue weighted by atomic mass is 10.1. The predicted molar refractivity (Wildman–Crippen MR) is 53.7 cm³/mol. The van der Waals surface area contributed by atoms with Gasteiger partial charge in [0, 0.05) is 11.8 Å². The van der Waals surface area contributed by atoms with Crippen LogP contribution in [0.25, 0.3) is 11.1 Å². The van der Waals surface area contributed by atoms with Crippen LogP contribution in [0.5, 0.6) is 0 Å². The van der Waals surface area contributed by atoms with Crippen LogP contribution in [0.4, 0.5) is 8.78 Å². The summed E-state index contributed by atoms with van der Waals surface area (Å²) < 4.78 is 25.4. The van der Waals surface area contributed by atoms with Crippen LogP contribution in [0.2, 0.25) is 0 Å². The average Bonchev–Trinajstić information content (AvgIpc) is 2.62. The van der Waals surface area contributed by atoms with Crippen molar-refractivity contribution in [2.24, 2.45) is 0 Å². The number of aromatic nitrogens is 2. The molecule has 0 aliphatic heterocycles. The quantitative estimate of drug-likeness (QED) is 0.740. The Labute approximate surface area is 86.2 Å². The minimum absolute atomic E-state index is 0.612. The maximum Gasteiger partial charge on any atom is 0.333 e. The minimum atomic E-state index is -2.58. The Morgan fingerprint density at radius 1 is 1.20 bits per heavy atom. The second-order valence-electron chi connectivity index (χ2n) is 3.25. The molecule has 1 aromatic carbocycles. The van der Waals surface area contributed by atoms with E-state index in [1.165, 1.54) is 6.20 Å². The van der Waals surface area contributed by atoms with Gasteiger partial charge in [0.15, 0.2) is 0 Å². The molecule has 15 heavy (non-hydrogen) atoms. The summed E-state index contributed by atoms with van der Waals surface area (Å²) in [6.07, 6.45) is 1.37. The first-order chi connectivity index (χ1) is 7.18. The molecule has 2 rings (SSSR count). The van der Waals surface area contributed by atoms with E-state index >= 15 is 0 Å². The first-order valence-corrected chi connectivity index (χ1v) is 4.58. The van der Waals surface area contributed by atoms with Gasteiger partial charge in [-0.1, -0.05) is 30.3 Å². The van der Waals surface area contributed by atoms with Crippen molar-refractivity contribution in [3.05, 3.63) is 42.2 Å². The molecule has 0 bridgehead atoms. The zero-order valence-electron chi connectivity index (χ0n) is 8.19. The van der Waals surface area contributed by atoms with Gasteiger partial charge in [0.1, 0.15) is 0 Å². The van der Waals surface area contributed by atoms with Crippen molar-refractivity contribution < 1.29 is 8.78 Å². The molecule has 0 N–H and O–H groups in total. The highest BCUT2D eigenvalue weighted by atomic mass is 19.3. The fourth-order valence-corrected chi connectivity index (χ4v) is 1.48. The molecule has 1 aromatic heterocycles. The molecule has 2 aromatic rings. The molecule has 78 valence electrons. The van der Waals surface area contributed by atoms with Gasteiger partial charge in [-0.15, -0.1) is 0 Å². The molecule has 0 atom stereocenters. The lowest BCUT2D eigenvalue weighted by Crippen LogP contribution is -1.97. The molecule has 0 unspecified atom stereocenters. The topological polar surface area (TPSA) is 17.8 Å². The standard InChI is InChI=1S/C11H10F2N2/c1-8-10(7-15(14-8)11(12)13)9-5-3-2-4-6-9/h2-7,11H,1H3. The van der Waals surface area contributed by atoms with Crippen molar-refractivity contribution >= 4 is 0 Å². The second-order valence-corrected chi connectivity index (χ2v) is 3.25. The third kappa shape index (κ3) is 1.88. The molecule has 2 nitrogen and oxygen atoms in total. The van der Waals surface area contributed by atoms with Crippen molar-refractivity contribution in [1.82, 2.24) is 9.78 Å². The van der Waals surface area contributed by atoms with Crippen LogP contribution in [-0.4, -0.2) is 9.78 Å². The van der Waals surface area contributed by atoms with Gasteiger partial charge in [-0.2, -0.15) is 13.9 Å². The molecule has 1 heterocycles. The monoisotopic (exact) mass is 208 g/mol. The fraction of sp³-hybridized carbons (Fsp3) is 0.182. The summed E-state index contributed by atoms with van der Waals surface area (Å²) in [6, 6.07) is 9.37.